The van der Waals surface area contributed by atoms with Crippen LogP contribution in [0.25, 0.3) is 11.4 Å². The molecule has 498 valence electrons. The van der Waals surface area contributed by atoms with Gasteiger partial charge in [0.1, 0.15) is 0 Å². The summed E-state index contributed by atoms with van der Waals surface area (Å²) in [6.45, 7) is 26.7. The molecule has 9 aromatic carbocycles. The predicted molar refractivity (Wildman–Crippen MR) is 413 cm³/mol. The zero-order valence-electron chi connectivity index (χ0n) is 57.3. The van der Waals surface area contributed by atoms with E-state index in [0.717, 1.165) is 22.5 Å². The van der Waals surface area contributed by atoms with Gasteiger partial charge < -0.3 is 48.6 Å². The fourth-order valence-corrected chi connectivity index (χ4v) is 14.8. The Hall–Kier alpha value is -6.28. The molecule has 0 bridgehead atoms. The van der Waals surface area contributed by atoms with E-state index in [1.807, 2.05) is 54.6 Å². The molecule has 11 aromatic rings. The Labute approximate surface area is 619 Å². The third-order valence-corrected chi connectivity index (χ3v) is 23.1. The number of benzene rings is 6. The van der Waals surface area contributed by atoms with Crippen LogP contribution in [0.2, 0.25) is 78.6 Å². The minimum Gasteiger partial charge on any atom is -0.701 e. The van der Waals surface area contributed by atoms with Crippen molar-refractivity contribution in [2.75, 3.05) is 0 Å². The van der Waals surface area contributed by atoms with E-state index >= 15 is 0 Å². The first-order valence-electron chi connectivity index (χ1n) is 30.4. The molecule has 11 rings (SSSR count). The quantitative estimate of drug-likeness (QED) is 0.0473. The summed E-state index contributed by atoms with van der Waals surface area (Å²) >= 11 is 0. The molecule has 2 heterocycles. The maximum Gasteiger partial charge on any atom is 4.00 e. The van der Waals surface area contributed by atoms with Gasteiger partial charge in [-0.1, -0.05) is 273 Å². The first-order chi connectivity index (χ1) is 43.6. The molecule has 2 aromatic heterocycles. The first kappa shape index (κ1) is 89.7. The average Bonchev–Trinajstić information content (AvgIpc) is 1.06. The van der Waals surface area contributed by atoms with Gasteiger partial charge in [0.05, 0.1) is 43.7 Å². The average molecular weight is 1550 g/mol. The number of aromatic nitrogens is 2. The van der Waals surface area contributed by atoms with Gasteiger partial charge in [-0.05, 0) is 71.9 Å². The predicted octanol–water partition coefficient (Wildman–Crippen LogP) is 18.7. The zero-order chi connectivity index (χ0) is 67.5. The number of halogens is 4. The fourth-order valence-electron chi connectivity index (χ4n) is 7.84. The van der Waals surface area contributed by atoms with Crippen LogP contribution in [0.1, 0.15) is 11.1 Å². The molecule has 0 aliphatic heterocycles. The number of pyridine rings is 2. The van der Waals surface area contributed by atoms with Crippen LogP contribution in [-0.4, -0.2) is 49.5 Å². The smallest absolute Gasteiger partial charge is 0.701 e. The van der Waals surface area contributed by atoms with E-state index in [0.29, 0.717) is 0 Å². The molecule has 0 amide bonds. The topological polar surface area (TPSA) is 25.8 Å². The Morgan fingerprint density at radius 1 is 0.385 bits per heavy atom. The van der Waals surface area contributed by atoms with Crippen molar-refractivity contribution >= 4 is 97.6 Å². The van der Waals surface area contributed by atoms with Gasteiger partial charge in [0.15, 0.2) is 0 Å². The van der Waals surface area contributed by atoms with Gasteiger partial charge in [-0.3, -0.25) is 9.97 Å². The molecule has 16 heteroatoms. The molecule has 0 spiro atoms. The summed E-state index contributed by atoms with van der Waals surface area (Å²) in [4.78, 5) is 8.65. The van der Waals surface area contributed by atoms with E-state index in [1.54, 1.807) is 22.8 Å². The van der Waals surface area contributed by atoms with Crippen molar-refractivity contribution in [1.82, 2.24) is 9.97 Å². The van der Waals surface area contributed by atoms with Crippen molar-refractivity contribution in [2.45, 2.75) is 78.6 Å². The summed E-state index contributed by atoms with van der Waals surface area (Å²) < 4.78 is 39.0. The molecule has 0 aliphatic rings. The van der Waals surface area contributed by atoms with Crippen LogP contribution < -0.4 is 42.2 Å². The van der Waals surface area contributed by atoms with Crippen LogP contribution >= 0.6 is 15.8 Å². The Kier molecular flexibility index (Phi) is 43.8. The summed E-state index contributed by atoms with van der Waals surface area (Å²) in [7, 11) is -11.3. The Morgan fingerprint density at radius 3 is 0.885 bits per heavy atom. The minimum atomic E-state index is -6.00. The third-order valence-electron chi connectivity index (χ3n) is 12.6. The van der Waals surface area contributed by atoms with Gasteiger partial charge in [0.25, 0.3) is 0 Å². The maximum absolute atomic E-state index is 9.75. The molecule has 0 atom stereocenters. The first-order valence-corrected chi connectivity index (χ1v) is 47.0. The zero-order valence-corrected chi connectivity index (χ0v) is 67.4. The molecule has 2 nitrogen and oxygen atoms in total. The second-order valence-corrected chi connectivity index (χ2v) is 48.9. The van der Waals surface area contributed by atoms with Gasteiger partial charge in [-0.2, -0.15) is 58.9 Å². The summed E-state index contributed by atoms with van der Waals surface area (Å²) in [5.41, 5.74) is 8.65. The standard InChI is InChI=1S/2C18H15P.C17H11N2.2C8H13Si.2C5H9Si.CH3.BF4.Cu.Ru.Ti/c2*1-4-10-16(11-5-1)19(17-12-6-2-7-13-17)18-14-8-3-9-15-18;1-2-6-14(5-1)8-9-15-10-11-17(19-13-15)16-7-3-4-12-18-16;2*1-9(2,3)8-6-4-5-7-8;2*1-5-6(2,3)4;;2-1(3,4)5;;;/h2*1-15H;1-7,10-13H;2*4-7H,1-3H3;2*2-4H3;1H3;;;;/q;;7*-1;+1;+2;+4. The van der Waals surface area contributed by atoms with Gasteiger partial charge in [-0.25, -0.2) is 24.3 Å². The Bertz CT molecular complexity index is 3470. The minimum absolute atomic E-state index is 0. The monoisotopic (exact) mass is 1550 g/mol. The van der Waals surface area contributed by atoms with E-state index in [1.165, 1.54) is 31.8 Å². The van der Waals surface area contributed by atoms with Crippen molar-refractivity contribution in [3.8, 4) is 34.3 Å². The number of hydrogen-bond donors (Lipinski definition) is 0. The van der Waals surface area contributed by atoms with Crippen LogP contribution in [0.15, 0.2) is 298 Å². The van der Waals surface area contributed by atoms with Crippen LogP contribution in [0.3, 0.4) is 0 Å². The summed E-state index contributed by atoms with van der Waals surface area (Å²) in [5, 5.41) is 11.5. The Balaban J connectivity index is 0.00000112. The van der Waals surface area contributed by atoms with Crippen LogP contribution in [0.4, 0.5) is 17.3 Å². The van der Waals surface area contributed by atoms with E-state index < -0.39 is 55.4 Å². The molecular weight excluding hydrogens is 1460 g/mol. The van der Waals surface area contributed by atoms with Crippen molar-refractivity contribution < 1.29 is 75.5 Å². The molecular formula is C80H88BCuF4N2P2RuSi4Ti. The fraction of sp³-hybridized carbons (Fsp3) is 0.150. The summed E-state index contributed by atoms with van der Waals surface area (Å²) in [5.74, 6) is 6.19. The molecule has 0 fully saturated rings. The molecule has 0 aliphatic carbocycles. The molecule has 0 saturated carbocycles. The van der Waals surface area contributed by atoms with E-state index in [2.05, 4.69) is 342 Å². The van der Waals surface area contributed by atoms with Gasteiger partial charge in [-0.15, -0.1) is 11.5 Å². The van der Waals surface area contributed by atoms with Gasteiger partial charge >= 0.3 is 65.5 Å². The van der Waals surface area contributed by atoms with Crippen molar-refractivity contribution in [2.24, 2.45) is 0 Å². The third kappa shape index (κ3) is 38.0. The van der Waals surface area contributed by atoms with Crippen molar-refractivity contribution in [3.05, 3.63) is 329 Å². The second kappa shape index (κ2) is 46.8. The maximum atomic E-state index is 9.75. The number of hydrogen-bond acceptors (Lipinski definition) is 2. The van der Waals surface area contributed by atoms with Gasteiger partial charge in [0, 0.05) is 18.0 Å². The van der Waals surface area contributed by atoms with Crippen LogP contribution in [-0.2, 0) is 58.3 Å². The summed E-state index contributed by atoms with van der Waals surface area (Å²) in [6, 6.07) is 99.7. The van der Waals surface area contributed by atoms with E-state index in [-0.39, 0.29) is 65.7 Å². The van der Waals surface area contributed by atoms with E-state index in [4.69, 9.17) is 12.8 Å². The molecule has 0 radical (unpaired) electrons. The van der Waals surface area contributed by atoms with Crippen LogP contribution in [0.5, 0.6) is 0 Å². The molecule has 0 N–H and O–H groups in total. The number of nitrogens with zero attached hydrogens (tertiary/aromatic N) is 2. The second-order valence-electron chi connectivity index (χ2n) is 24.8. The van der Waals surface area contributed by atoms with E-state index in [9.17, 15) is 17.3 Å². The molecule has 0 saturated heterocycles. The normalized spacial score (nSPS) is 10.2. The van der Waals surface area contributed by atoms with Crippen molar-refractivity contribution in [1.29, 1.82) is 0 Å². The SMILES string of the molecule is C(#Cc1ccc(-c2ccccn2)nc1)c1cc[cH-]c1.C[Si](C)(C)c1ccc[cH-]1.C[Si](C)(C)c1ccc[cH-]1.F[B-](F)(F)F.[C-]#C[Si](C)(C)C.[C-]#C[Si](C)(C)C.[CH3-].[Cu+].[Ru+2].[Ti+4].c1ccc(P(c2ccccc2)c2ccccc2)cc1.c1ccc(P(c2ccccc2)c2ccccc2)cc1. The van der Waals surface area contributed by atoms with Gasteiger partial charge in [0.2, 0.25) is 0 Å². The van der Waals surface area contributed by atoms with Crippen LogP contribution in [0, 0.1) is 43.2 Å². The number of rotatable bonds is 9. The molecule has 96 heavy (non-hydrogen) atoms. The summed E-state index contributed by atoms with van der Waals surface area (Å²) in [6.07, 6.45) is 16.9. The largest absolute Gasteiger partial charge is 4.00 e. The Morgan fingerprint density at radius 2 is 0.677 bits per heavy atom. The van der Waals surface area contributed by atoms with Crippen molar-refractivity contribution in [3.63, 3.8) is 0 Å². The molecule has 0 unspecified atom stereocenters.